The van der Waals surface area contributed by atoms with E-state index in [0.717, 1.165) is 42.8 Å². The van der Waals surface area contributed by atoms with Gasteiger partial charge in [-0.15, -0.1) is 11.3 Å². The summed E-state index contributed by atoms with van der Waals surface area (Å²) in [6.45, 7) is 3.51. The lowest BCUT2D eigenvalue weighted by atomic mass is 10.1. The van der Waals surface area contributed by atoms with E-state index in [4.69, 9.17) is 4.42 Å². The van der Waals surface area contributed by atoms with E-state index in [1.165, 1.54) is 11.3 Å². The number of oxazole rings is 1. The Morgan fingerprint density at radius 1 is 1.08 bits per heavy atom. The van der Waals surface area contributed by atoms with E-state index >= 15 is 0 Å². The molecule has 136 valence electrons. The van der Waals surface area contributed by atoms with E-state index < -0.39 is 9.84 Å². The van der Waals surface area contributed by atoms with E-state index in [-0.39, 0.29) is 9.92 Å². The number of rotatable bonds is 4. The average Bonchev–Trinajstić information content (AvgIpc) is 3.33. The summed E-state index contributed by atoms with van der Waals surface area (Å²) in [5.74, 6) is 0.736. The van der Waals surface area contributed by atoms with Crippen LogP contribution in [0.5, 0.6) is 0 Å². The van der Waals surface area contributed by atoms with Crippen molar-refractivity contribution in [2.24, 2.45) is 0 Å². The topological polar surface area (TPSA) is 63.4 Å². The number of nitrogens with zero attached hydrogens (tertiary/aromatic N) is 2. The van der Waals surface area contributed by atoms with Gasteiger partial charge in [-0.05, 0) is 49.8 Å². The van der Waals surface area contributed by atoms with E-state index in [0.29, 0.717) is 11.8 Å². The highest BCUT2D eigenvalue weighted by Gasteiger charge is 2.32. The smallest absolute Gasteiger partial charge is 0.240 e. The minimum absolute atomic E-state index is 0.0200. The number of hydrogen-bond acceptors (Lipinski definition) is 6. The standard InChI is InChI=1S/C19H20N2O3S2/c1-14-7-9-15(10-8-14)26(22,23)18-19(21-11-3-2-4-12-21)24-17(20-18)16-6-5-13-25-16/h5-10,13H,2-4,11-12H2,1H3. The molecular weight excluding hydrogens is 368 g/mol. The van der Waals surface area contributed by atoms with Gasteiger partial charge in [0.2, 0.25) is 26.6 Å². The van der Waals surface area contributed by atoms with Crippen LogP contribution in [0.1, 0.15) is 24.8 Å². The van der Waals surface area contributed by atoms with E-state index in [1.807, 2.05) is 29.3 Å². The summed E-state index contributed by atoms with van der Waals surface area (Å²) in [7, 11) is -3.75. The summed E-state index contributed by atoms with van der Waals surface area (Å²) in [5.41, 5.74) is 1.01. The number of benzene rings is 1. The Hall–Kier alpha value is -2.12. The van der Waals surface area contributed by atoms with Gasteiger partial charge >= 0.3 is 0 Å². The molecule has 0 N–H and O–H groups in total. The Morgan fingerprint density at radius 2 is 1.81 bits per heavy atom. The Balaban J connectivity index is 1.84. The molecule has 0 amide bonds. The van der Waals surface area contributed by atoms with Crippen LogP contribution in [0.2, 0.25) is 0 Å². The second-order valence-electron chi connectivity index (χ2n) is 6.47. The molecule has 1 aliphatic heterocycles. The van der Waals surface area contributed by atoms with Crippen molar-refractivity contribution in [2.75, 3.05) is 18.0 Å². The SMILES string of the molecule is Cc1ccc(S(=O)(=O)c2nc(-c3cccs3)oc2N2CCCCC2)cc1. The maximum absolute atomic E-state index is 13.2. The molecule has 26 heavy (non-hydrogen) atoms. The van der Waals surface area contributed by atoms with Crippen molar-refractivity contribution < 1.29 is 12.8 Å². The van der Waals surface area contributed by atoms with Gasteiger partial charge in [-0.2, -0.15) is 4.98 Å². The highest BCUT2D eigenvalue weighted by molar-refractivity contribution is 7.91. The molecule has 0 spiro atoms. The lowest BCUT2D eigenvalue weighted by Crippen LogP contribution is -2.30. The molecule has 5 nitrogen and oxygen atoms in total. The summed E-state index contributed by atoms with van der Waals surface area (Å²) in [5, 5.41) is 1.94. The third-order valence-corrected chi connectivity index (χ3v) is 7.07. The first kappa shape index (κ1) is 17.3. The van der Waals surface area contributed by atoms with Gasteiger partial charge in [0.25, 0.3) is 0 Å². The lowest BCUT2D eigenvalue weighted by molar-refractivity contribution is 0.499. The number of anilines is 1. The Bertz CT molecular complexity index is 984. The van der Waals surface area contributed by atoms with E-state index in [9.17, 15) is 8.42 Å². The van der Waals surface area contributed by atoms with Gasteiger partial charge in [-0.3, -0.25) is 0 Å². The normalized spacial score (nSPS) is 15.3. The third-order valence-electron chi connectivity index (χ3n) is 4.54. The van der Waals surface area contributed by atoms with E-state index in [2.05, 4.69) is 4.98 Å². The average molecular weight is 389 g/mol. The fourth-order valence-electron chi connectivity index (χ4n) is 3.10. The molecule has 0 radical (unpaired) electrons. The molecule has 3 heterocycles. The van der Waals surface area contributed by atoms with Gasteiger partial charge in [-0.1, -0.05) is 23.8 Å². The number of hydrogen-bond donors (Lipinski definition) is 0. The summed E-state index contributed by atoms with van der Waals surface area (Å²) < 4.78 is 32.5. The van der Waals surface area contributed by atoms with Crippen LogP contribution in [0.25, 0.3) is 10.8 Å². The molecule has 1 fully saturated rings. The molecule has 3 aromatic rings. The van der Waals surface area contributed by atoms with Crippen molar-refractivity contribution in [3.63, 3.8) is 0 Å². The van der Waals surface area contributed by atoms with Gasteiger partial charge in [-0.25, -0.2) is 8.42 Å². The molecule has 7 heteroatoms. The molecule has 0 aliphatic carbocycles. The predicted octanol–water partition coefficient (Wildman–Crippen LogP) is 4.53. The number of aromatic nitrogens is 1. The molecule has 2 aromatic heterocycles. The van der Waals surface area contributed by atoms with E-state index in [1.54, 1.807) is 24.3 Å². The Kier molecular flexibility index (Phi) is 4.58. The quantitative estimate of drug-likeness (QED) is 0.657. The summed E-state index contributed by atoms with van der Waals surface area (Å²) >= 11 is 1.48. The van der Waals surface area contributed by atoms with Gasteiger partial charge in [0.15, 0.2) is 0 Å². The number of aryl methyl sites for hydroxylation is 1. The summed E-state index contributed by atoms with van der Waals surface area (Å²) in [6, 6.07) is 10.6. The maximum Gasteiger partial charge on any atom is 0.240 e. The number of thiophene rings is 1. The molecular formula is C19H20N2O3S2. The molecule has 1 aliphatic rings. The lowest BCUT2D eigenvalue weighted by Gasteiger charge is -2.26. The summed E-state index contributed by atoms with van der Waals surface area (Å²) in [6.07, 6.45) is 3.21. The van der Waals surface area contributed by atoms with Gasteiger partial charge in [0.1, 0.15) is 0 Å². The fourth-order valence-corrected chi connectivity index (χ4v) is 5.08. The van der Waals surface area contributed by atoms with Gasteiger partial charge in [0.05, 0.1) is 9.77 Å². The Morgan fingerprint density at radius 3 is 2.46 bits per heavy atom. The highest BCUT2D eigenvalue weighted by Crippen LogP contribution is 2.37. The Labute approximate surface area is 157 Å². The predicted molar refractivity (Wildman–Crippen MR) is 103 cm³/mol. The van der Waals surface area contributed by atoms with Crippen molar-refractivity contribution in [3.8, 4) is 10.8 Å². The third kappa shape index (κ3) is 3.17. The first-order chi connectivity index (χ1) is 12.6. The van der Waals surface area contributed by atoms with Crippen LogP contribution in [0.3, 0.4) is 0 Å². The molecule has 0 atom stereocenters. The largest absolute Gasteiger partial charge is 0.418 e. The zero-order valence-electron chi connectivity index (χ0n) is 14.5. The summed E-state index contributed by atoms with van der Waals surface area (Å²) in [4.78, 5) is 7.49. The molecule has 4 rings (SSSR count). The minimum Gasteiger partial charge on any atom is -0.418 e. The highest BCUT2D eigenvalue weighted by atomic mass is 32.2. The minimum atomic E-state index is -3.75. The van der Waals surface area contributed by atoms with Crippen LogP contribution in [-0.2, 0) is 9.84 Å². The second-order valence-corrected chi connectivity index (χ2v) is 9.28. The van der Waals surface area contributed by atoms with Crippen molar-refractivity contribution >= 4 is 27.1 Å². The van der Waals surface area contributed by atoms with Crippen LogP contribution < -0.4 is 4.90 Å². The monoisotopic (exact) mass is 388 g/mol. The number of piperidine rings is 1. The first-order valence-corrected chi connectivity index (χ1v) is 11.0. The van der Waals surface area contributed by atoms with Crippen LogP contribution in [0, 0.1) is 6.92 Å². The molecule has 1 aromatic carbocycles. The van der Waals surface area contributed by atoms with Crippen molar-refractivity contribution in [1.82, 2.24) is 4.98 Å². The van der Waals surface area contributed by atoms with Gasteiger partial charge in [0, 0.05) is 13.1 Å². The van der Waals surface area contributed by atoms with Gasteiger partial charge < -0.3 is 9.32 Å². The number of sulfone groups is 1. The second kappa shape index (κ2) is 6.89. The fraction of sp³-hybridized carbons (Fsp3) is 0.316. The van der Waals surface area contributed by atoms with Crippen LogP contribution in [0.15, 0.2) is 56.1 Å². The molecule has 1 saturated heterocycles. The van der Waals surface area contributed by atoms with Crippen LogP contribution >= 0.6 is 11.3 Å². The maximum atomic E-state index is 13.2. The van der Waals surface area contributed by atoms with Crippen LogP contribution in [-0.4, -0.2) is 26.5 Å². The van der Waals surface area contributed by atoms with Crippen LogP contribution in [0.4, 0.5) is 5.88 Å². The first-order valence-electron chi connectivity index (χ1n) is 8.67. The molecule has 0 saturated carbocycles. The molecule has 0 unspecified atom stereocenters. The zero-order valence-corrected chi connectivity index (χ0v) is 16.1. The zero-order chi connectivity index (χ0) is 18.1. The van der Waals surface area contributed by atoms with Crippen molar-refractivity contribution in [2.45, 2.75) is 36.1 Å². The molecule has 0 bridgehead atoms. The van der Waals surface area contributed by atoms with Crippen molar-refractivity contribution in [1.29, 1.82) is 0 Å². The van der Waals surface area contributed by atoms with Crippen molar-refractivity contribution in [3.05, 3.63) is 47.3 Å².